The average Bonchev–Trinajstić information content (AvgIpc) is 2.51. The molecule has 0 atom stereocenters. The lowest BCUT2D eigenvalue weighted by Gasteiger charge is -2.06. The summed E-state index contributed by atoms with van der Waals surface area (Å²) in [6.07, 6.45) is 2.97. The Hall–Kier alpha value is -2.70. The molecule has 7 nitrogen and oxygen atoms in total. The first-order valence-electron chi connectivity index (χ1n) is 7.41. The van der Waals surface area contributed by atoms with Crippen LogP contribution in [-0.2, 0) is 0 Å². The molecule has 0 saturated carbocycles. The van der Waals surface area contributed by atoms with Crippen LogP contribution in [0.5, 0.6) is 5.75 Å². The summed E-state index contributed by atoms with van der Waals surface area (Å²) in [7, 11) is 0. The SMILES string of the molecule is CCCCCN=C(C)c1c(O)c2cc([N+](=O)[O-])ccc2oc1=O. The zero-order valence-electron chi connectivity index (χ0n) is 13.0. The van der Waals surface area contributed by atoms with E-state index in [0.717, 1.165) is 19.3 Å². The molecule has 1 aromatic carbocycles. The maximum Gasteiger partial charge on any atom is 0.349 e. The lowest BCUT2D eigenvalue weighted by Crippen LogP contribution is -2.13. The molecule has 1 heterocycles. The molecule has 0 bridgehead atoms. The van der Waals surface area contributed by atoms with Gasteiger partial charge in [0.2, 0.25) is 0 Å². The van der Waals surface area contributed by atoms with Crippen molar-refractivity contribution < 1.29 is 14.4 Å². The Bertz CT molecular complexity index is 823. The molecule has 0 aliphatic heterocycles. The van der Waals surface area contributed by atoms with Gasteiger partial charge in [0.25, 0.3) is 5.69 Å². The summed E-state index contributed by atoms with van der Waals surface area (Å²) >= 11 is 0. The zero-order valence-corrected chi connectivity index (χ0v) is 13.0. The summed E-state index contributed by atoms with van der Waals surface area (Å²) in [4.78, 5) is 26.6. The molecule has 122 valence electrons. The van der Waals surface area contributed by atoms with E-state index in [1.165, 1.54) is 18.2 Å². The predicted octanol–water partition coefficient (Wildman–Crippen LogP) is 3.41. The normalized spacial score (nSPS) is 11.8. The molecule has 0 amide bonds. The largest absolute Gasteiger partial charge is 0.506 e. The van der Waals surface area contributed by atoms with E-state index in [1.54, 1.807) is 6.92 Å². The first kappa shape index (κ1) is 16.7. The van der Waals surface area contributed by atoms with Gasteiger partial charge in [0, 0.05) is 18.7 Å². The molecule has 0 radical (unpaired) electrons. The van der Waals surface area contributed by atoms with Gasteiger partial charge in [0.15, 0.2) is 0 Å². The summed E-state index contributed by atoms with van der Waals surface area (Å²) in [5, 5.41) is 21.3. The van der Waals surface area contributed by atoms with Crippen LogP contribution in [0.1, 0.15) is 38.7 Å². The van der Waals surface area contributed by atoms with Crippen LogP contribution in [0.4, 0.5) is 5.69 Å². The maximum atomic E-state index is 12.1. The predicted molar refractivity (Wildman–Crippen MR) is 87.4 cm³/mol. The van der Waals surface area contributed by atoms with Crippen molar-refractivity contribution in [3.05, 3.63) is 44.3 Å². The van der Waals surface area contributed by atoms with E-state index in [2.05, 4.69) is 11.9 Å². The van der Waals surface area contributed by atoms with Crippen LogP contribution in [0.2, 0.25) is 0 Å². The van der Waals surface area contributed by atoms with Gasteiger partial charge in [-0.1, -0.05) is 19.8 Å². The summed E-state index contributed by atoms with van der Waals surface area (Å²) in [6.45, 7) is 4.24. The van der Waals surface area contributed by atoms with Crippen LogP contribution in [0.3, 0.4) is 0 Å². The molecule has 0 spiro atoms. The summed E-state index contributed by atoms with van der Waals surface area (Å²) in [5.41, 5.74) is -0.485. The van der Waals surface area contributed by atoms with E-state index in [9.17, 15) is 20.0 Å². The van der Waals surface area contributed by atoms with Crippen LogP contribution in [0.15, 0.2) is 32.4 Å². The Morgan fingerprint density at radius 1 is 1.39 bits per heavy atom. The number of rotatable bonds is 6. The van der Waals surface area contributed by atoms with E-state index in [4.69, 9.17) is 4.42 Å². The lowest BCUT2D eigenvalue weighted by atomic mass is 10.1. The van der Waals surface area contributed by atoms with Crippen LogP contribution in [0, 0.1) is 10.1 Å². The number of unbranched alkanes of at least 4 members (excludes halogenated alkanes) is 2. The van der Waals surface area contributed by atoms with Crippen LogP contribution in [-0.4, -0.2) is 22.3 Å². The van der Waals surface area contributed by atoms with Gasteiger partial charge in [-0.3, -0.25) is 15.1 Å². The minimum Gasteiger partial charge on any atom is -0.506 e. The maximum absolute atomic E-state index is 12.1. The minimum absolute atomic E-state index is 0.0468. The number of aliphatic imine (C=N–C) groups is 1. The summed E-state index contributed by atoms with van der Waals surface area (Å²) in [5.74, 6) is -0.336. The zero-order chi connectivity index (χ0) is 17.0. The van der Waals surface area contributed by atoms with Crippen molar-refractivity contribution in [3.63, 3.8) is 0 Å². The number of nitro benzene ring substituents is 1. The molecular formula is C16H18N2O5. The van der Waals surface area contributed by atoms with E-state index in [0.29, 0.717) is 12.3 Å². The number of nitro groups is 1. The Labute approximate surface area is 132 Å². The first-order chi connectivity index (χ1) is 11.0. The lowest BCUT2D eigenvalue weighted by molar-refractivity contribution is -0.384. The second kappa shape index (κ2) is 7.04. The molecule has 1 N–H and O–H groups in total. The highest BCUT2D eigenvalue weighted by atomic mass is 16.6. The number of hydrogen-bond acceptors (Lipinski definition) is 6. The quantitative estimate of drug-likeness (QED) is 0.289. The molecule has 0 unspecified atom stereocenters. The van der Waals surface area contributed by atoms with E-state index >= 15 is 0 Å². The fourth-order valence-corrected chi connectivity index (χ4v) is 2.29. The van der Waals surface area contributed by atoms with Gasteiger partial charge in [-0.2, -0.15) is 0 Å². The van der Waals surface area contributed by atoms with Gasteiger partial charge in [-0.25, -0.2) is 4.79 Å². The number of non-ortho nitro benzene ring substituents is 1. The highest BCUT2D eigenvalue weighted by molar-refractivity contribution is 6.04. The Balaban J connectivity index is 2.51. The van der Waals surface area contributed by atoms with Crippen LogP contribution in [0.25, 0.3) is 11.0 Å². The smallest absolute Gasteiger partial charge is 0.349 e. The molecule has 0 aliphatic carbocycles. The van der Waals surface area contributed by atoms with Crippen molar-refractivity contribution in [3.8, 4) is 5.75 Å². The standard InChI is InChI=1S/C16H18N2O5/c1-3-4-5-8-17-10(2)14-15(19)12-9-11(18(21)22)6-7-13(12)23-16(14)20/h6-7,9,19H,3-5,8H2,1-2H3. The van der Waals surface area contributed by atoms with Crippen molar-refractivity contribution in [2.24, 2.45) is 4.99 Å². The van der Waals surface area contributed by atoms with Crippen LogP contribution < -0.4 is 5.63 Å². The fourth-order valence-electron chi connectivity index (χ4n) is 2.29. The molecule has 0 saturated heterocycles. The molecule has 2 rings (SSSR count). The van der Waals surface area contributed by atoms with Crippen molar-refractivity contribution in [1.29, 1.82) is 0 Å². The number of fused-ring (bicyclic) bond motifs is 1. The Morgan fingerprint density at radius 3 is 2.78 bits per heavy atom. The minimum atomic E-state index is -0.708. The van der Waals surface area contributed by atoms with Crippen molar-refractivity contribution in [2.75, 3.05) is 6.54 Å². The monoisotopic (exact) mass is 318 g/mol. The fraction of sp³-hybridized carbons (Fsp3) is 0.375. The number of aromatic hydroxyl groups is 1. The third kappa shape index (κ3) is 3.56. The van der Waals surface area contributed by atoms with Gasteiger partial charge in [0.1, 0.15) is 16.9 Å². The van der Waals surface area contributed by atoms with Gasteiger partial charge < -0.3 is 9.52 Å². The van der Waals surface area contributed by atoms with Gasteiger partial charge in [0.05, 0.1) is 16.0 Å². The number of benzene rings is 1. The van der Waals surface area contributed by atoms with E-state index in [-0.39, 0.29) is 28.0 Å². The van der Waals surface area contributed by atoms with Gasteiger partial charge in [-0.15, -0.1) is 0 Å². The average molecular weight is 318 g/mol. The molecule has 0 fully saturated rings. The van der Waals surface area contributed by atoms with Gasteiger partial charge in [-0.05, 0) is 19.4 Å². The third-order valence-corrected chi connectivity index (χ3v) is 3.55. The van der Waals surface area contributed by atoms with Crippen molar-refractivity contribution in [1.82, 2.24) is 0 Å². The molecule has 2 aromatic rings. The van der Waals surface area contributed by atoms with E-state index < -0.39 is 10.5 Å². The summed E-state index contributed by atoms with van der Waals surface area (Å²) in [6, 6.07) is 3.70. The Morgan fingerprint density at radius 2 is 2.13 bits per heavy atom. The number of hydrogen-bond donors (Lipinski definition) is 1. The first-order valence-corrected chi connectivity index (χ1v) is 7.41. The second-order valence-electron chi connectivity index (χ2n) is 5.22. The molecule has 0 aliphatic rings. The summed E-state index contributed by atoms with van der Waals surface area (Å²) < 4.78 is 5.14. The van der Waals surface area contributed by atoms with Crippen molar-refractivity contribution in [2.45, 2.75) is 33.1 Å². The second-order valence-corrected chi connectivity index (χ2v) is 5.22. The third-order valence-electron chi connectivity index (χ3n) is 3.55. The number of nitrogens with zero attached hydrogens (tertiary/aromatic N) is 2. The molecule has 1 aromatic heterocycles. The van der Waals surface area contributed by atoms with Gasteiger partial charge >= 0.3 is 5.63 Å². The molecule has 7 heteroatoms. The molecular weight excluding hydrogens is 300 g/mol. The van der Waals surface area contributed by atoms with Crippen LogP contribution >= 0.6 is 0 Å². The molecule has 23 heavy (non-hydrogen) atoms. The van der Waals surface area contributed by atoms with Crippen molar-refractivity contribution >= 4 is 22.4 Å². The Kier molecular flexibility index (Phi) is 5.10. The topological polar surface area (TPSA) is 106 Å². The highest BCUT2D eigenvalue weighted by Gasteiger charge is 2.18. The highest BCUT2D eigenvalue weighted by Crippen LogP contribution is 2.29. The van der Waals surface area contributed by atoms with E-state index in [1.807, 2.05) is 0 Å².